The summed E-state index contributed by atoms with van der Waals surface area (Å²) in [4.78, 5) is 20.0. The number of rotatable bonds is 5. The molecule has 2 heterocycles. The summed E-state index contributed by atoms with van der Waals surface area (Å²) in [5.41, 5.74) is 0.592. The second-order valence-corrected chi connectivity index (χ2v) is 7.79. The van der Waals surface area contributed by atoms with Gasteiger partial charge in [-0.2, -0.15) is 0 Å². The largest absolute Gasteiger partial charge is 0.321 e. The van der Waals surface area contributed by atoms with E-state index < -0.39 is 15.9 Å². The van der Waals surface area contributed by atoms with E-state index in [9.17, 15) is 13.2 Å². The van der Waals surface area contributed by atoms with E-state index in [2.05, 4.69) is 20.0 Å². The Kier molecular flexibility index (Phi) is 4.98. The summed E-state index contributed by atoms with van der Waals surface area (Å²) in [6, 6.07) is 8.74. The average Bonchev–Trinajstić information content (AvgIpc) is 3.07. The summed E-state index contributed by atoms with van der Waals surface area (Å²) < 4.78 is 26.8. The Bertz CT molecular complexity index is 990. The smallest absolute Gasteiger partial charge is 0.274 e. The Balaban J connectivity index is 1.73. The number of nitrogens with one attached hydrogen (secondary N) is 2. The van der Waals surface area contributed by atoms with E-state index >= 15 is 0 Å². The van der Waals surface area contributed by atoms with Crippen molar-refractivity contribution < 1.29 is 13.2 Å². The van der Waals surface area contributed by atoms with Gasteiger partial charge in [0.15, 0.2) is 5.13 Å². The maximum atomic E-state index is 12.2. The third-order valence-corrected chi connectivity index (χ3v) is 5.44. The van der Waals surface area contributed by atoms with Crippen LogP contribution in [-0.2, 0) is 10.0 Å². The van der Waals surface area contributed by atoms with Gasteiger partial charge in [-0.05, 0) is 36.4 Å². The van der Waals surface area contributed by atoms with Gasteiger partial charge in [0.05, 0.1) is 4.90 Å². The molecule has 0 saturated heterocycles. The van der Waals surface area contributed by atoms with Crippen molar-refractivity contribution in [3.8, 4) is 0 Å². The van der Waals surface area contributed by atoms with E-state index in [1.54, 1.807) is 11.4 Å². The molecule has 0 spiro atoms. The highest BCUT2D eigenvalue weighted by atomic mass is 35.5. The van der Waals surface area contributed by atoms with Gasteiger partial charge in [-0.15, -0.1) is 11.3 Å². The summed E-state index contributed by atoms with van der Waals surface area (Å²) >= 11 is 7.00. The molecule has 10 heteroatoms. The number of carbonyl (C=O) groups excluding carboxylic acids is 1. The SMILES string of the molecule is O=C(Nc1ccc(S(=O)(=O)Nc2nccs2)cc1)c1cc(Cl)ccn1. The zero-order chi connectivity index (χ0) is 17.9. The van der Waals surface area contributed by atoms with Gasteiger partial charge in [-0.25, -0.2) is 13.4 Å². The molecule has 0 bridgehead atoms. The minimum atomic E-state index is -3.73. The maximum absolute atomic E-state index is 12.2. The molecule has 3 aromatic rings. The molecule has 0 aliphatic rings. The van der Waals surface area contributed by atoms with E-state index in [1.165, 1.54) is 54.1 Å². The molecular formula is C15H11ClN4O3S2. The Morgan fingerprint density at radius 2 is 1.84 bits per heavy atom. The van der Waals surface area contributed by atoms with Crippen molar-refractivity contribution in [3.63, 3.8) is 0 Å². The fraction of sp³-hybridized carbons (Fsp3) is 0. The highest BCUT2D eigenvalue weighted by Crippen LogP contribution is 2.20. The van der Waals surface area contributed by atoms with Crippen LogP contribution in [0.3, 0.4) is 0 Å². The normalized spacial score (nSPS) is 11.1. The standard InChI is InChI=1S/C15H11ClN4O3S2/c16-10-5-6-17-13(9-10)14(21)19-11-1-3-12(4-2-11)25(22,23)20-15-18-7-8-24-15/h1-9H,(H,18,20)(H,19,21). The van der Waals surface area contributed by atoms with Crippen molar-refractivity contribution in [2.75, 3.05) is 10.0 Å². The molecule has 7 nitrogen and oxygen atoms in total. The molecule has 2 N–H and O–H groups in total. The van der Waals surface area contributed by atoms with Crippen LogP contribution in [-0.4, -0.2) is 24.3 Å². The number of nitrogens with zero attached hydrogens (tertiary/aromatic N) is 2. The van der Waals surface area contributed by atoms with Gasteiger partial charge < -0.3 is 5.32 Å². The Morgan fingerprint density at radius 3 is 2.48 bits per heavy atom. The van der Waals surface area contributed by atoms with E-state index in [-0.39, 0.29) is 15.7 Å². The molecule has 1 aromatic carbocycles. The van der Waals surface area contributed by atoms with E-state index in [0.717, 1.165) is 0 Å². The van der Waals surface area contributed by atoms with Gasteiger partial charge in [0.25, 0.3) is 15.9 Å². The van der Waals surface area contributed by atoms with Gasteiger partial charge in [0.2, 0.25) is 0 Å². The lowest BCUT2D eigenvalue weighted by atomic mass is 10.3. The van der Waals surface area contributed by atoms with Gasteiger partial charge in [0, 0.05) is 28.5 Å². The number of hydrogen-bond donors (Lipinski definition) is 2. The second-order valence-electron chi connectivity index (χ2n) is 4.78. The number of sulfonamides is 1. The molecule has 0 saturated carbocycles. The van der Waals surface area contributed by atoms with Crippen molar-refractivity contribution in [1.82, 2.24) is 9.97 Å². The first-order valence-electron chi connectivity index (χ1n) is 6.89. The van der Waals surface area contributed by atoms with Crippen LogP contribution in [0.5, 0.6) is 0 Å². The van der Waals surface area contributed by atoms with Gasteiger partial charge in [-0.3, -0.25) is 14.5 Å². The fourth-order valence-electron chi connectivity index (χ4n) is 1.89. The Labute approximate surface area is 152 Å². The average molecular weight is 395 g/mol. The molecule has 25 heavy (non-hydrogen) atoms. The predicted octanol–water partition coefficient (Wildman–Crippen LogP) is 3.24. The third-order valence-electron chi connectivity index (χ3n) is 3.03. The van der Waals surface area contributed by atoms with Crippen LogP contribution < -0.4 is 10.0 Å². The number of pyridine rings is 1. The van der Waals surface area contributed by atoms with Crippen molar-refractivity contribution in [1.29, 1.82) is 0 Å². The van der Waals surface area contributed by atoms with Crippen molar-refractivity contribution >= 4 is 49.7 Å². The van der Waals surface area contributed by atoms with Crippen molar-refractivity contribution in [2.45, 2.75) is 4.90 Å². The predicted molar refractivity (Wildman–Crippen MR) is 96.6 cm³/mol. The topological polar surface area (TPSA) is 101 Å². The highest BCUT2D eigenvalue weighted by molar-refractivity contribution is 7.93. The molecule has 0 radical (unpaired) electrons. The van der Waals surface area contributed by atoms with E-state index in [4.69, 9.17) is 11.6 Å². The van der Waals surface area contributed by atoms with E-state index in [0.29, 0.717) is 10.7 Å². The van der Waals surface area contributed by atoms with Crippen LogP contribution in [0.25, 0.3) is 0 Å². The van der Waals surface area contributed by atoms with Gasteiger partial charge >= 0.3 is 0 Å². The molecule has 1 amide bonds. The summed E-state index contributed by atoms with van der Waals surface area (Å²) in [6.45, 7) is 0. The summed E-state index contributed by atoms with van der Waals surface area (Å²) in [5.74, 6) is -0.445. The second kappa shape index (κ2) is 7.18. The zero-order valence-electron chi connectivity index (χ0n) is 12.5. The Hall–Kier alpha value is -2.49. The molecule has 0 unspecified atom stereocenters. The molecular weight excluding hydrogens is 384 g/mol. The van der Waals surface area contributed by atoms with Gasteiger partial charge in [-0.1, -0.05) is 11.6 Å². The third kappa shape index (κ3) is 4.32. The number of amides is 1. The monoisotopic (exact) mass is 394 g/mol. The summed E-state index contributed by atoms with van der Waals surface area (Å²) in [6.07, 6.45) is 2.93. The van der Waals surface area contributed by atoms with Crippen LogP contribution in [0.4, 0.5) is 10.8 Å². The molecule has 0 atom stereocenters. The van der Waals surface area contributed by atoms with Crippen LogP contribution >= 0.6 is 22.9 Å². The van der Waals surface area contributed by atoms with Crippen molar-refractivity contribution in [2.24, 2.45) is 0 Å². The number of halogens is 1. The zero-order valence-corrected chi connectivity index (χ0v) is 14.9. The molecule has 3 rings (SSSR count). The first kappa shape index (κ1) is 17.3. The number of hydrogen-bond acceptors (Lipinski definition) is 6. The molecule has 2 aromatic heterocycles. The quantitative estimate of drug-likeness (QED) is 0.691. The summed E-state index contributed by atoms with van der Waals surface area (Å²) in [7, 11) is -3.73. The Morgan fingerprint density at radius 1 is 1.08 bits per heavy atom. The number of anilines is 2. The number of carbonyl (C=O) groups is 1. The number of thiazole rings is 1. The van der Waals surface area contributed by atoms with Crippen LogP contribution in [0.1, 0.15) is 10.5 Å². The highest BCUT2D eigenvalue weighted by Gasteiger charge is 2.16. The first-order chi connectivity index (χ1) is 11.9. The van der Waals surface area contributed by atoms with Crippen LogP contribution in [0, 0.1) is 0 Å². The summed E-state index contributed by atoms with van der Waals surface area (Å²) in [5, 5.41) is 4.97. The fourth-order valence-corrected chi connectivity index (χ4v) is 3.84. The number of benzene rings is 1. The minimum Gasteiger partial charge on any atom is -0.321 e. The lowest BCUT2D eigenvalue weighted by molar-refractivity contribution is 0.102. The molecule has 128 valence electrons. The molecule has 0 fully saturated rings. The van der Waals surface area contributed by atoms with Crippen LogP contribution in [0.15, 0.2) is 59.1 Å². The molecule has 0 aliphatic heterocycles. The lowest BCUT2D eigenvalue weighted by Gasteiger charge is -2.08. The lowest BCUT2D eigenvalue weighted by Crippen LogP contribution is -2.15. The van der Waals surface area contributed by atoms with Crippen molar-refractivity contribution in [3.05, 3.63) is 64.9 Å². The molecule has 0 aliphatic carbocycles. The van der Waals surface area contributed by atoms with E-state index in [1.807, 2.05) is 0 Å². The number of aromatic nitrogens is 2. The first-order valence-corrected chi connectivity index (χ1v) is 9.63. The maximum Gasteiger partial charge on any atom is 0.274 e. The van der Waals surface area contributed by atoms with Crippen LogP contribution in [0.2, 0.25) is 5.02 Å². The van der Waals surface area contributed by atoms with Gasteiger partial charge in [0.1, 0.15) is 5.69 Å². The minimum absolute atomic E-state index is 0.0570.